The maximum absolute atomic E-state index is 12.9. The lowest BCUT2D eigenvalue weighted by atomic mass is 10.2. The Kier molecular flexibility index (Phi) is 3.72. The van der Waals surface area contributed by atoms with Crippen LogP contribution in [-0.4, -0.2) is 6.66 Å². The van der Waals surface area contributed by atoms with Crippen LogP contribution in [-0.2, 0) is 6.18 Å². The summed E-state index contributed by atoms with van der Waals surface area (Å²) in [7, 11) is -0.976. The van der Waals surface area contributed by atoms with Crippen molar-refractivity contribution < 1.29 is 13.2 Å². The van der Waals surface area contributed by atoms with Crippen LogP contribution in [0.3, 0.4) is 0 Å². The second kappa shape index (κ2) is 5.11. The Hall–Kier alpha value is -1.34. The van der Waals surface area contributed by atoms with E-state index in [9.17, 15) is 13.2 Å². The SMILES string of the molecule is CP(c1ccccc1)c1ccccc1C(F)(F)F. The van der Waals surface area contributed by atoms with Crippen LogP contribution in [0.4, 0.5) is 13.2 Å². The first kappa shape index (κ1) is 13.1. The summed E-state index contributed by atoms with van der Waals surface area (Å²) in [6.45, 7) is 1.86. The third-order valence-electron chi connectivity index (χ3n) is 2.71. The van der Waals surface area contributed by atoms with Crippen molar-refractivity contribution in [3.63, 3.8) is 0 Å². The van der Waals surface area contributed by atoms with E-state index in [2.05, 4.69) is 0 Å². The van der Waals surface area contributed by atoms with E-state index < -0.39 is 19.7 Å². The van der Waals surface area contributed by atoms with Gasteiger partial charge in [0, 0.05) is 0 Å². The number of hydrogen-bond donors (Lipinski definition) is 0. The maximum atomic E-state index is 12.9. The second-order valence-corrected chi connectivity index (χ2v) is 6.03. The molecule has 4 heteroatoms. The molecule has 0 aromatic heterocycles. The number of rotatable bonds is 2. The minimum absolute atomic E-state index is 0.381. The topological polar surface area (TPSA) is 0 Å². The van der Waals surface area contributed by atoms with E-state index in [0.717, 1.165) is 11.4 Å². The van der Waals surface area contributed by atoms with Gasteiger partial charge in [-0.25, -0.2) is 0 Å². The number of halogens is 3. The molecular formula is C14H12F3P. The average molecular weight is 268 g/mol. The molecule has 2 rings (SSSR count). The van der Waals surface area contributed by atoms with Crippen molar-refractivity contribution in [3.8, 4) is 0 Å². The van der Waals surface area contributed by atoms with Gasteiger partial charge in [-0.15, -0.1) is 0 Å². The predicted molar refractivity (Wildman–Crippen MR) is 70.0 cm³/mol. The highest BCUT2D eigenvalue weighted by molar-refractivity contribution is 7.72. The molecule has 0 aliphatic heterocycles. The van der Waals surface area contributed by atoms with E-state index >= 15 is 0 Å². The van der Waals surface area contributed by atoms with Gasteiger partial charge in [0.25, 0.3) is 0 Å². The maximum Gasteiger partial charge on any atom is 0.417 e. The van der Waals surface area contributed by atoms with Crippen molar-refractivity contribution in [3.05, 3.63) is 60.2 Å². The summed E-state index contributed by atoms with van der Waals surface area (Å²) in [5.41, 5.74) is -0.525. The summed E-state index contributed by atoms with van der Waals surface area (Å²) in [6, 6.07) is 15.1. The highest BCUT2D eigenvalue weighted by Crippen LogP contribution is 2.36. The molecule has 0 amide bonds. The summed E-state index contributed by atoms with van der Waals surface area (Å²) >= 11 is 0. The predicted octanol–water partition coefficient (Wildman–Crippen LogP) is 3.77. The normalized spacial score (nSPS) is 13.3. The van der Waals surface area contributed by atoms with E-state index in [0.29, 0.717) is 5.30 Å². The fourth-order valence-corrected chi connectivity index (χ4v) is 3.57. The smallest absolute Gasteiger partial charge is 0.166 e. The first-order valence-corrected chi connectivity index (χ1v) is 7.24. The van der Waals surface area contributed by atoms with Gasteiger partial charge in [-0.2, -0.15) is 13.2 Å². The molecule has 1 unspecified atom stereocenters. The van der Waals surface area contributed by atoms with Crippen LogP contribution in [0.2, 0.25) is 0 Å². The standard InChI is InChI=1S/C14H12F3P/c1-18(11-7-3-2-4-8-11)13-10-6-5-9-12(13)14(15,16)17/h2-10H,1H3. The van der Waals surface area contributed by atoms with Crippen LogP contribution in [0.1, 0.15) is 5.56 Å². The summed E-state index contributed by atoms with van der Waals surface area (Å²) in [5.74, 6) is 0. The summed E-state index contributed by atoms with van der Waals surface area (Å²) in [5, 5.41) is 1.33. The quantitative estimate of drug-likeness (QED) is 0.727. The molecule has 0 bridgehead atoms. The molecule has 0 fully saturated rings. The molecular weight excluding hydrogens is 256 g/mol. The first-order chi connectivity index (χ1) is 8.50. The Morgan fingerprint density at radius 2 is 1.39 bits per heavy atom. The van der Waals surface area contributed by atoms with Gasteiger partial charge in [-0.05, 0) is 31.3 Å². The van der Waals surface area contributed by atoms with Gasteiger partial charge in [-0.3, -0.25) is 0 Å². The van der Waals surface area contributed by atoms with Gasteiger partial charge < -0.3 is 0 Å². The largest absolute Gasteiger partial charge is 0.417 e. The molecule has 0 saturated heterocycles. The van der Waals surface area contributed by atoms with E-state index in [-0.39, 0.29) is 0 Å². The van der Waals surface area contributed by atoms with Crippen molar-refractivity contribution in [2.45, 2.75) is 6.18 Å². The summed E-state index contributed by atoms with van der Waals surface area (Å²) in [4.78, 5) is 0. The molecule has 0 radical (unpaired) electrons. The van der Waals surface area contributed by atoms with Crippen LogP contribution in [0.25, 0.3) is 0 Å². The molecule has 94 valence electrons. The molecule has 1 atom stereocenters. The van der Waals surface area contributed by atoms with Crippen LogP contribution >= 0.6 is 7.92 Å². The zero-order valence-electron chi connectivity index (χ0n) is 9.78. The van der Waals surface area contributed by atoms with Crippen LogP contribution < -0.4 is 10.6 Å². The fraction of sp³-hybridized carbons (Fsp3) is 0.143. The van der Waals surface area contributed by atoms with Crippen molar-refractivity contribution in [1.29, 1.82) is 0 Å². The Bertz CT molecular complexity index is 520. The Balaban J connectivity index is 2.46. The third-order valence-corrected chi connectivity index (χ3v) is 4.90. The van der Waals surface area contributed by atoms with Crippen molar-refractivity contribution >= 4 is 18.5 Å². The van der Waals surface area contributed by atoms with Gasteiger partial charge in [0.2, 0.25) is 0 Å². The lowest BCUT2D eigenvalue weighted by Gasteiger charge is -2.18. The molecule has 0 saturated carbocycles. The highest BCUT2D eigenvalue weighted by atomic mass is 31.1. The van der Waals surface area contributed by atoms with Gasteiger partial charge in [0.15, 0.2) is 0 Å². The number of alkyl halides is 3. The Labute approximate surface area is 105 Å². The third kappa shape index (κ3) is 2.73. The molecule has 0 nitrogen and oxygen atoms in total. The van der Waals surface area contributed by atoms with Gasteiger partial charge in [-0.1, -0.05) is 48.5 Å². The number of hydrogen-bond acceptors (Lipinski definition) is 0. The Morgan fingerprint density at radius 1 is 0.833 bits per heavy atom. The molecule has 0 heterocycles. The van der Waals surface area contributed by atoms with Crippen LogP contribution in [0, 0.1) is 0 Å². The average Bonchev–Trinajstić information content (AvgIpc) is 2.38. The molecule has 0 N–H and O–H groups in total. The zero-order valence-corrected chi connectivity index (χ0v) is 10.7. The monoisotopic (exact) mass is 268 g/mol. The second-order valence-electron chi connectivity index (χ2n) is 3.91. The number of benzene rings is 2. The Morgan fingerprint density at radius 3 is 2.00 bits per heavy atom. The van der Waals surface area contributed by atoms with Crippen molar-refractivity contribution in [1.82, 2.24) is 0 Å². The van der Waals surface area contributed by atoms with Crippen molar-refractivity contribution in [2.24, 2.45) is 0 Å². The lowest BCUT2D eigenvalue weighted by Crippen LogP contribution is -2.21. The molecule has 18 heavy (non-hydrogen) atoms. The van der Waals surface area contributed by atoms with Crippen LogP contribution in [0.15, 0.2) is 54.6 Å². The summed E-state index contributed by atoms with van der Waals surface area (Å²) in [6.07, 6.45) is -4.29. The van der Waals surface area contributed by atoms with E-state index in [1.807, 2.05) is 37.0 Å². The van der Waals surface area contributed by atoms with E-state index in [1.54, 1.807) is 12.1 Å². The van der Waals surface area contributed by atoms with Gasteiger partial charge in [0.1, 0.15) is 0 Å². The molecule has 2 aromatic rings. The molecule has 2 aromatic carbocycles. The molecule has 0 aliphatic carbocycles. The lowest BCUT2D eigenvalue weighted by molar-refractivity contribution is -0.136. The zero-order chi connectivity index (χ0) is 13.2. The molecule has 0 aliphatic rings. The fourth-order valence-electron chi connectivity index (χ4n) is 1.80. The van der Waals surface area contributed by atoms with Crippen LogP contribution in [0.5, 0.6) is 0 Å². The van der Waals surface area contributed by atoms with E-state index in [4.69, 9.17) is 0 Å². The highest BCUT2D eigenvalue weighted by Gasteiger charge is 2.34. The van der Waals surface area contributed by atoms with Crippen molar-refractivity contribution in [2.75, 3.05) is 6.66 Å². The van der Waals surface area contributed by atoms with E-state index in [1.165, 1.54) is 6.07 Å². The molecule has 0 spiro atoms. The minimum atomic E-state index is -4.29. The van der Waals surface area contributed by atoms with Gasteiger partial charge >= 0.3 is 6.18 Å². The van der Waals surface area contributed by atoms with Gasteiger partial charge in [0.05, 0.1) is 5.56 Å². The summed E-state index contributed by atoms with van der Waals surface area (Å²) < 4.78 is 38.8. The minimum Gasteiger partial charge on any atom is -0.166 e. The first-order valence-electron chi connectivity index (χ1n) is 5.45.